The van der Waals surface area contributed by atoms with Gasteiger partial charge in [-0.2, -0.15) is 26.3 Å². The van der Waals surface area contributed by atoms with Crippen LogP contribution in [0.3, 0.4) is 0 Å². The summed E-state index contributed by atoms with van der Waals surface area (Å²) in [6, 6.07) is 0. The third kappa shape index (κ3) is 3.74. The highest BCUT2D eigenvalue weighted by atomic mass is 19.4. The second-order valence-electron chi connectivity index (χ2n) is 3.90. The maximum atomic E-state index is 12.9. The molecule has 0 aliphatic heterocycles. The maximum Gasteiger partial charge on any atom is 0.433 e. The first-order valence-corrected chi connectivity index (χ1v) is 4.95. The Bertz CT molecular complexity index is 353. The highest BCUT2D eigenvalue weighted by Crippen LogP contribution is 2.47. The minimum atomic E-state index is -6.84. The molecule has 140 valence electrons. The molecule has 0 saturated carbocycles. The number of ether oxygens (including phenoxy) is 1. The highest BCUT2D eigenvalue weighted by Gasteiger charge is 2.73. The second-order valence-corrected chi connectivity index (χ2v) is 3.90. The van der Waals surface area contributed by atoms with Gasteiger partial charge in [0.2, 0.25) is 0 Å². The SMILES string of the molecule is FC(F)C(F)(C(F)OC(F)C(F)(C(F)F)C(F)(F)F)C(F)(F)F. The van der Waals surface area contributed by atoms with E-state index in [-0.39, 0.29) is 0 Å². The lowest BCUT2D eigenvalue weighted by Crippen LogP contribution is -2.60. The standard InChI is InChI=1S/C8H4F14O/c9-1(10)5(15,7(17,18)19)3(13)23-4(14)6(16,2(11)12)8(20,21)22/h1-4H. The quantitative estimate of drug-likeness (QED) is 0.607. The summed E-state index contributed by atoms with van der Waals surface area (Å²) in [4.78, 5) is 0. The van der Waals surface area contributed by atoms with E-state index < -0.39 is 49.3 Å². The lowest BCUT2D eigenvalue weighted by molar-refractivity contribution is -0.373. The van der Waals surface area contributed by atoms with E-state index in [1.807, 2.05) is 0 Å². The summed E-state index contributed by atoms with van der Waals surface area (Å²) in [5.41, 5.74) is -12.8. The molecule has 0 aliphatic rings. The van der Waals surface area contributed by atoms with E-state index in [0.717, 1.165) is 0 Å². The van der Waals surface area contributed by atoms with Crippen molar-refractivity contribution in [1.29, 1.82) is 0 Å². The molecule has 0 radical (unpaired) electrons. The highest BCUT2D eigenvalue weighted by molar-refractivity contribution is 4.97. The largest absolute Gasteiger partial charge is 0.433 e. The molecule has 0 aliphatic carbocycles. The van der Waals surface area contributed by atoms with Crippen LogP contribution in [0, 0.1) is 0 Å². The maximum absolute atomic E-state index is 12.9. The van der Waals surface area contributed by atoms with Crippen LogP contribution in [0.4, 0.5) is 61.5 Å². The summed E-state index contributed by atoms with van der Waals surface area (Å²) in [5, 5.41) is 0. The topological polar surface area (TPSA) is 9.23 Å². The summed E-state index contributed by atoms with van der Waals surface area (Å²) in [7, 11) is 0. The fourth-order valence-electron chi connectivity index (χ4n) is 1.01. The Kier molecular flexibility index (Phi) is 6.18. The first-order chi connectivity index (χ1) is 9.94. The van der Waals surface area contributed by atoms with Gasteiger partial charge in [-0.3, -0.25) is 0 Å². The van der Waals surface area contributed by atoms with Crippen LogP contribution in [-0.4, -0.2) is 49.3 Å². The van der Waals surface area contributed by atoms with Gasteiger partial charge in [-0.25, -0.2) is 35.1 Å². The molecule has 1 nitrogen and oxygen atoms in total. The van der Waals surface area contributed by atoms with E-state index in [1.165, 1.54) is 0 Å². The molecule has 0 aromatic rings. The van der Waals surface area contributed by atoms with Gasteiger partial charge in [0.25, 0.3) is 25.6 Å². The molecule has 0 rings (SSSR count). The lowest BCUT2D eigenvalue weighted by Gasteiger charge is -2.34. The Hall–Kier alpha value is -1.02. The molecule has 0 N–H and O–H groups in total. The molecular weight excluding hydrogens is 378 g/mol. The van der Waals surface area contributed by atoms with E-state index in [2.05, 4.69) is 4.74 Å². The number of halogens is 14. The van der Waals surface area contributed by atoms with Gasteiger partial charge in [0, 0.05) is 0 Å². The Morgan fingerprint density at radius 1 is 0.478 bits per heavy atom. The van der Waals surface area contributed by atoms with Gasteiger partial charge in [-0.05, 0) is 0 Å². The summed E-state index contributed by atoms with van der Waals surface area (Å²) in [6.45, 7) is 0. The molecule has 4 unspecified atom stereocenters. The Morgan fingerprint density at radius 2 is 0.696 bits per heavy atom. The van der Waals surface area contributed by atoms with Gasteiger partial charge in [-0.1, -0.05) is 0 Å². The van der Waals surface area contributed by atoms with Crippen LogP contribution in [0.5, 0.6) is 0 Å². The van der Waals surface area contributed by atoms with Crippen molar-refractivity contribution < 1.29 is 66.2 Å². The van der Waals surface area contributed by atoms with E-state index in [1.54, 1.807) is 0 Å². The van der Waals surface area contributed by atoms with E-state index >= 15 is 0 Å². The van der Waals surface area contributed by atoms with Gasteiger partial charge in [0.05, 0.1) is 0 Å². The summed E-state index contributed by atoms with van der Waals surface area (Å²) < 4.78 is 174. The number of alkyl halides is 14. The fraction of sp³-hybridized carbons (Fsp3) is 1.00. The molecule has 0 bridgehead atoms. The van der Waals surface area contributed by atoms with Crippen molar-refractivity contribution in [1.82, 2.24) is 0 Å². The summed E-state index contributed by atoms with van der Waals surface area (Å²) in [5.74, 6) is 0. The molecule has 0 aromatic heterocycles. The molecule has 4 atom stereocenters. The summed E-state index contributed by atoms with van der Waals surface area (Å²) >= 11 is 0. The van der Waals surface area contributed by atoms with Crippen molar-refractivity contribution >= 4 is 0 Å². The van der Waals surface area contributed by atoms with Crippen molar-refractivity contribution in [3.05, 3.63) is 0 Å². The van der Waals surface area contributed by atoms with Gasteiger partial charge in [0.15, 0.2) is 0 Å². The van der Waals surface area contributed by atoms with Crippen LogP contribution < -0.4 is 0 Å². The first-order valence-electron chi connectivity index (χ1n) is 4.95. The van der Waals surface area contributed by atoms with Crippen LogP contribution in [0.15, 0.2) is 0 Å². The number of rotatable bonds is 6. The van der Waals surface area contributed by atoms with Crippen molar-refractivity contribution in [2.45, 2.75) is 49.3 Å². The molecule has 0 amide bonds. The molecule has 15 heteroatoms. The Morgan fingerprint density at radius 3 is 0.826 bits per heavy atom. The minimum absolute atomic E-state index is 2.27. The molecule has 0 heterocycles. The predicted molar refractivity (Wildman–Crippen MR) is 42.7 cm³/mol. The zero-order valence-electron chi connectivity index (χ0n) is 10.0. The predicted octanol–water partition coefficient (Wildman–Crippen LogP) is 4.67. The third-order valence-electron chi connectivity index (χ3n) is 2.40. The lowest BCUT2D eigenvalue weighted by atomic mass is 10.1. The molecule has 0 spiro atoms. The number of hydrogen-bond acceptors (Lipinski definition) is 1. The van der Waals surface area contributed by atoms with Crippen molar-refractivity contribution in [3.8, 4) is 0 Å². The first kappa shape index (κ1) is 22.0. The fourth-order valence-corrected chi connectivity index (χ4v) is 1.01. The van der Waals surface area contributed by atoms with Crippen molar-refractivity contribution in [2.75, 3.05) is 0 Å². The van der Waals surface area contributed by atoms with E-state index in [0.29, 0.717) is 0 Å². The monoisotopic (exact) mass is 382 g/mol. The van der Waals surface area contributed by atoms with E-state index in [4.69, 9.17) is 0 Å². The number of hydrogen-bond donors (Lipinski definition) is 0. The molecule has 0 aromatic carbocycles. The smallest absolute Gasteiger partial charge is 0.307 e. The van der Waals surface area contributed by atoms with E-state index in [9.17, 15) is 61.5 Å². The zero-order valence-corrected chi connectivity index (χ0v) is 10.0. The average molecular weight is 382 g/mol. The van der Waals surface area contributed by atoms with Crippen LogP contribution >= 0.6 is 0 Å². The molecule has 23 heavy (non-hydrogen) atoms. The minimum Gasteiger partial charge on any atom is -0.307 e. The third-order valence-corrected chi connectivity index (χ3v) is 2.40. The molecule has 0 fully saturated rings. The zero-order chi connectivity index (χ0) is 19.0. The van der Waals surface area contributed by atoms with Crippen LogP contribution in [0.2, 0.25) is 0 Å². The molecular formula is C8H4F14O. The van der Waals surface area contributed by atoms with Gasteiger partial charge in [0.1, 0.15) is 0 Å². The van der Waals surface area contributed by atoms with Crippen LogP contribution in [-0.2, 0) is 4.74 Å². The van der Waals surface area contributed by atoms with Crippen molar-refractivity contribution in [3.63, 3.8) is 0 Å². The Labute approximate surface area is 117 Å². The van der Waals surface area contributed by atoms with Gasteiger partial charge >= 0.3 is 23.7 Å². The summed E-state index contributed by atoms with van der Waals surface area (Å²) in [6.07, 6.45) is -34.9. The van der Waals surface area contributed by atoms with Crippen LogP contribution in [0.1, 0.15) is 0 Å². The van der Waals surface area contributed by atoms with Crippen LogP contribution in [0.25, 0.3) is 0 Å². The average Bonchev–Trinajstić information content (AvgIpc) is 2.32. The Balaban J connectivity index is 5.63. The van der Waals surface area contributed by atoms with Gasteiger partial charge in [-0.15, -0.1) is 0 Å². The second kappa shape index (κ2) is 6.47. The van der Waals surface area contributed by atoms with Crippen molar-refractivity contribution in [2.24, 2.45) is 0 Å². The molecule has 0 saturated heterocycles. The van der Waals surface area contributed by atoms with Gasteiger partial charge < -0.3 is 4.74 Å². The normalized spacial score (nSPS) is 21.9.